The zero-order valence-corrected chi connectivity index (χ0v) is 13.9. The van der Waals surface area contributed by atoms with Crippen molar-refractivity contribution in [3.8, 4) is 0 Å². The van der Waals surface area contributed by atoms with Gasteiger partial charge in [-0.05, 0) is 17.7 Å². The minimum Gasteiger partial charge on any atom is -0.460 e. The molecule has 0 radical (unpaired) electrons. The van der Waals surface area contributed by atoms with Crippen LogP contribution in [0.1, 0.15) is 18.6 Å². The number of hydrogen-bond acceptors (Lipinski definition) is 6. The predicted octanol–water partition coefficient (Wildman–Crippen LogP) is 2.28. The van der Waals surface area contributed by atoms with Crippen LogP contribution in [0.2, 0.25) is 0 Å². The SMILES string of the molecule is [2H][C@]1(c2cc(F)cc(F)c2)OC(N)=C(OS(=O)(=O)Cc2ccccc2)C1=O. The number of hydrogen-bond donors (Lipinski definition) is 1. The maximum atomic E-state index is 13.4. The molecular formula is C17H13F2NO5S. The van der Waals surface area contributed by atoms with Gasteiger partial charge in [0.25, 0.3) is 0 Å². The molecule has 0 aromatic heterocycles. The molecule has 0 aliphatic carbocycles. The first kappa shape index (κ1) is 16.5. The van der Waals surface area contributed by atoms with E-state index in [0.717, 1.165) is 0 Å². The van der Waals surface area contributed by atoms with Crippen LogP contribution in [0, 0.1) is 11.6 Å². The van der Waals surface area contributed by atoms with E-state index in [1.165, 1.54) is 12.1 Å². The van der Waals surface area contributed by atoms with Gasteiger partial charge in [-0.15, -0.1) is 0 Å². The molecule has 0 saturated heterocycles. The first-order valence-electron chi connectivity index (χ1n) is 7.77. The molecule has 2 aromatic carbocycles. The number of benzene rings is 2. The maximum Gasteiger partial charge on any atom is 0.313 e. The molecule has 0 saturated carbocycles. The lowest BCUT2D eigenvalue weighted by Gasteiger charge is -2.10. The summed E-state index contributed by atoms with van der Waals surface area (Å²) in [6, 6.07) is 9.98. The van der Waals surface area contributed by atoms with Gasteiger partial charge in [0.1, 0.15) is 17.4 Å². The third kappa shape index (κ3) is 3.83. The van der Waals surface area contributed by atoms with E-state index in [1.54, 1.807) is 18.2 Å². The van der Waals surface area contributed by atoms with Crippen molar-refractivity contribution in [1.82, 2.24) is 0 Å². The third-order valence-electron chi connectivity index (χ3n) is 3.37. The summed E-state index contributed by atoms with van der Waals surface area (Å²) < 4.78 is 69.0. The Bertz CT molecular complexity index is 1020. The van der Waals surface area contributed by atoms with Crippen LogP contribution in [0.15, 0.2) is 60.2 Å². The van der Waals surface area contributed by atoms with E-state index >= 15 is 0 Å². The van der Waals surface area contributed by atoms with Crippen molar-refractivity contribution < 1.29 is 32.3 Å². The van der Waals surface area contributed by atoms with Crippen molar-refractivity contribution in [2.75, 3.05) is 0 Å². The highest BCUT2D eigenvalue weighted by Gasteiger charge is 2.39. The van der Waals surface area contributed by atoms with Gasteiger partial charge >= 0.3 is 10.1 Å². The number of carbonyl (C=O) groups is 1. The molecule has 9 heteroatoms. The van der Waals surface area contributed by atoms with Gasteiger partial charge in [0, 0.05) is 11.6 Å². The lowest BCUT2D eigenvalue weighted by molar-refractivity contribution is -0.123. The number of Topliss-reactive ketones (excluding diaryl/α,β-unsaturated/α-hetero) is 1. The lowest BCUT2D eigenvalue weighted by atomic mass is 10.1. The average molecular weight is 382 g/mol. The Hall–Kier alpha value is -2.94. The molecular weight excluding hydrogens is 368 g/mol. The van der Waals surface area contributed by atoms with Gasteiger partial charge < -0.3 is 14.7 Å². The predicted molar refractivity (Wildman–Crippen MR) is 86.6 cm³/mol. The van der Waals surface area contributed by atoms with Gasteiger partial charge in [0.15, 0.2) is 6.08 Å². The van der Waals surface area contributed by atoms with Crippen LogP contribution in [0.5, 0.6) is 0 Å². The molecule has 136 valence electrons. The zero-order valence-electron chi connectivity index (χ0n) is 14.1. The summed E-state index contributed by atoms with van der Waals surface area (Å²) in [6.45, 7) is 0. The van der Waals surface area contributed by atoms with E-state index < -0.39 is 56.6 Å². The molecule has 0 unspecified atom stereocenters. The summed E-state index contributed by atoms with van der Waals surface area (Å²) in [5, 5.41) is 0. The van der Waals surface area contributed by atoms with Gasteiger partial charge in [-0.3, -0.25) is 4.79 Å². The van der Waals surface area contributed by atoms with Crippen molar-refractivity contribution >= 4 is 15.9 Å². The number of nitrogens with two attached hydrogens (primary N) is 1. The Balaban J connectivity index is 1.87. The van der Waals surface area contributed by atoms with Gasteiger partial charge in [0.05, 0.1) is 1.37 Å². The van der Waals surface area contributed by atoms with Crippen molar-refractivity contribution in [3.63, 3.8) is 0 Å². The molecule has 0 fully saturated rings. The average Bonchev–Trinajstić information content (AvgIpc) is 2.78. The van der Waals surface area contributed by atoms with Crippen LogP contribution in [-0.4, -0.2) is 14.2 Å². The number of halogens is 2. The molecule has 0 bridgehead atoms. The monoisotopic (exact) mass is 382 g/mol. The highest BCUT2D eigenvalue weighted by molar-refractivity contribution is 7.86. The quantitative estimate of drug-likeness (QED) is 0.797. The van der Waals surface area contributed by atoms with E-state index in [4.69, 9.17) is 16.0 Å². The Labute approximate surface area is 149 Å². The van der Waals surface area contributed by atoms with Gasteiger partial charge in [-0.2, -0.15) is 8.42 Å². The summed E-state index contributed by atoms with van der Waals surface area (Å²) in [5.41, 5.74) is 5.40. The normalized spacial score (nSPS) is 20.7. The molecule has 1 atom stereocenters. The number of ether oxygens (including phenoxy) is 1. The zero-order chi connectivity index (χ0) is 19.8. The Morgan fingerprint density at radius 1 is 1.15 bits per heavy atom. The van der Waals surface area contributed by atoms with Crippen LogP contribution in [0.4, 0.5) is 8.78 Å². The fraction of sp³-hybridized carbons (Fsp3) is 0.118. The molecule has 1 aliphatic heterocycles. The number of carbonyl (C=O) groups excluding carboxylic acids is 1. The molecule has 2 aromatic rings. The smallest absolute Gasteiger partial charge is 0.313 e. The molecule has 1 aliphatic rings. The highest BCUT2D eigenvalue weighted by atomic mass is 32.2. The maximum absolute atomic E-state index is 13.4. The van der Waals surface area contributed by atoms with E-state index in [2.05, 4.69) is 0 Å². The fourth-order valence-corrected chi connectivity index (χ4v) is 3.38. The molecule has 2 N–H and O–H groups in total. The van der Waals surface area contributed by atoms with E-state index in [-0.39, 0.29) is 0 Å². The van der Waals surface area contributed by atoms with E-state index in [0.29, 0.717) is 23.8 Å². The third-order valence-corrected chi connectivity index (χ3v) is 4.48. The molecule has 3 rings (SSSR count). The summed E-state index contributed by atoms with van der Waals surface area (Å²) in [5.74, 6) is -5.61. The van der Waals surface area contributed by atoms with Crippen LogP contribution in [0.3, 0.4) is 0 Å². The van der Waals surface area contributed by atoms with Crippen LogP contribution >= 0.6 is 0 Å². The van der Waals surface area contributed by atoms with Gasteiger partial charge in [0.2, 0.25) is 17.4 Å². The first-order valence-corrected chi connectivity index (χ1v) is 8.85. The fourth-order valence-electron chi connectivity index (χ4n) is 2.31. The Morgan fingerprint density at radius 2 is 1.77 bits per heavy atom. The number of rotatable bonds is 5. The van der Waals surface area contributed by atoms with Crippen molar-refractivity contribution in [1.29, 1.82) is 0 Å². The second-order valence-corrected chi connectivity index (χ2v) is 6.95. The molecule has 1 heterocycles. The van der Waals surface area contributed by atoms with Crippen molar-refractivity contribution in [3.05, 3.63) is 82.9 Å². The van der Waals surface area contributed by atoms with Gasteiger partial charge in [-0.25, -0.2) is 8.78 Å². The largest absolute Gasteiger partial charge is 0.460 e. The van der Waals surface area contributed by atoms with Crippen molar-refractivity contribution in [2.24, 2.45) is 5.73 Å². The van der Waals surface area contributed by atoms with E-state index in [1.807, 2.05) is 0 Å². The lowest BCUT2D eigenvalue weighted by Crippen LogP contribution is -2.16. The van der Waals surface area contributed by atoms with Crippen LogP contribution < -0.4 is 5.73 Å². The standard InChI is InChI=1S/C17H13F2NO5S/c18-12-6-11(7-13(19)8-12)15-14(21)16(17(20)24-15)25-26(22,23)9-10-4-2-1-3-5-10/h1-8,15H,9,20H2/t15-/m1/s1/i15D. The van der Waals surface area contributed by atoms with Crippen LogP contribution in [-0.2, 0) is 29.6 Å². The summed E-state index contributed by atoms with van der Waals surface area (Å²) >= 11 is 0. The molecule has 6 nitrogen and oxygen atoms in total. The second kappa shape index (κ2) is 6.75. The van der Waals surface area contributed by atoms with E-state index in [9.17, 15) is 22.0 Å². The molecule has 0 spiro atoms. The van der Waals surface area contributed by atoms with Gasteiger partial charge in [-0.1, -0.05) is 30.3 Å². The second-order valence-electron chi connectivity index (χ2n) is 5.38. The minimum atomic E-state index is -4.30. The summed E-state index contributed by atoms with van der Waals surface area (Å²) in [4.78, 5) is 12.5. The highest BCUT2D eigenvalue weighted by Crippen LogP contribution is 2.33. The topological polar surface area (TPSA) is 95.7 Å². The van der Waals surface area contributed by atoms with Crippen molar-refractivity contribution in [2.45, 2.75) is 11.8 Å². The Morgan fingerprint density at radius 3 is 2.38 bits per heavy atom. The number of ketones is 1. The molecule has 0 amide bonds. The van der Waals surface area contributed by atoms with Crippen LogP contribution in [0.25, 0.3) is 0 Å². The summed E-state index contributed by atoms with van der Waals surface area (Å²) in [6.07, 6.45) is -2.66. The summed E-state index contributed by atoms with van der Waals surface area (Å²) in [7, 11) is -4.30. The molecule has 26 heavy (non-hydrogen) atoms. The minimum absolute atomic E-state index is 0.396. The first-order chi connectivity index (χ1) is 12.6. The Kier molecular flexibility index (Phi) is 4.29.